The normalized spacial score (nSPS) is 14.7. The molecule has 0 aromatic rings. The molecule has 0 aromatic heterocycles. The Balaban J connectivity index is 4.79. The van der Waals surface area contributed by atoms with Gasteiger partial charge in [-0.1, -0.05) is 13.8 Å². The van der Waals surface area contributed by atoms with Gasteiger partial charge in [-0.05, 0) is 33.6 Å². The molecule has 4 nitrogen and oxygen atoms in total. The first-order valence-corrected chi connectivity index (χ1v) is 5.96. The Morgan fingerprint density at radius 3 is 2.06 bits per heavy atom. The minimum absolute atomic E-state index is 0.0640. The number of rotatable bonds is 6. The molecule has 1 unspecified atom stereocenters. The predicted molar refractivity (Wildman–Crippen MR) is 66.0 cm³/mol. The maximum Gasteiger partial charge on any atom is 0.227 e. The molecule has 4 N–H and O–H groups in total. The largest absolute Gasteiger partial charge is 0.391 e. The van der Waals surface area contributed by atoms with E-state index in [4.69, 9.17) is 5.73 Å². The average Bonchev–Trinajstić information content (AvgIpc) is 2.20. The van der Waals surface area contributed by atoms with Crippen LogP contribution in [0.5, 0.6) is 0 Å². The summed E-state index contributed by atoms with van der Waals surface area (Å²) >= 11 is 0. The highest BCUT2D eigenvalue weighted by Gasteiger charge is 2.37. The maximum absolute atomic E-state index is 12.2. The molecular weight excluding hydrogens is 204 g/mol. The van der Waals surface area contributed by atoms with Crippen LogP contribution in [-0.2, 0) is 4.79 Å². The van der Waals surface area contributed by atoms with Crippen LogP contribution in [0.25, 0.3) is 0 Å². The van der Waals surface area contributed by atoms with E-state index in [1.165, 1.54) is 0 Å². The zero-order valence-corrected chi connectivity index (χ0v) is 11.1. The van der Waals surface area contributed by atoms with Crippen LogP contribution in [0.15, 0.2) is 0 Å². The molecule has 4 heteroatoms. The monoisotopic (exact) mass is 230 g/mol. The van der Waals surface area contributed by atoms with Crippen LogP contribution in [0, 0.1) is 5.41 Å². The fourth-order valence-electron chi connectivity index (χ4n) is 1.48. The van der Waals surface area contributed by atoms with E-state index >= 15 is 0 Å². The van der Waals surface area contributed by atoms with E-state index < -0.39 is 17.1 Å². The quantitative estimate of drug-likeness (QED) is 0.638. The molecule has 0 fully saturated rings. The molecule has 0 bridgehead atoms. The van der Waals surface area contributed by atoms with Crippen LogP contribution in [0.2, 0.25) is 0 Å². The van der Waals surface area contributed by atoms with Crippen molar-refractivity contribution in [2.45, 2.75) is 59.1 Å². The number of hydrogen-bond acceptors (Lipinski definition) is 3. The van der Waals surface area contributed by atoms with Gasteiger partial charge in [0.05, 0.1) is 17.1 Å². The minimum atomic E-state index is -0.623. The van der Waals surface area contributed by atoms with Crippen molar-refractivity contribution in [3.8, 4) is 0 Å². The number of nitrogens with two attached hydrogens (primary N) is 1. The summed E-state index contributed by atoms with van der Waals surface area (Å²) < 4.78 is 0. The Bertz CT molecular complexity index is 225. The smallest absolute Gasteiger partial charge is 0.227 e. The lowest BCUT2D eigenvalue weighted by Gasteiger charge is -2.36. The van der Waals surface area contributed by atoms with Crippen molar-refractivity contribution in [1.82, 2.24) is 5.32 Å². The number of hydrogen-bond donors (Lipinski definition) is 3. The topological polar surface area (TPSA) is 75.4 Å². The van der Waals surface area contributed by atoms with E-state index in [1.54, 1.807) is 6.92 Å². The molecule has 0 saturated carbocycles. The van der Waals surface area contributed by atoms with E-state index in [1.807, 2.05) is 27.7 Å². The Labute approximate surface area is 98.6 Å². The lowest BCUT2D eigenvalue weighted by Crippen LogP contribution is -2.57. The van der Waals surface area contributed by atoms with Crippen molar-refractivity contribution < 1.29 is 9.90 Å². The number of aliphatic hydroxyl groups is 1. The molecule has 1 amide bonds. The second kappa shape index (κ2) is 5.64. The highest BCUT2D eigenvalue weighted by Crippen LogP contribution is 2.26. The van der Waals surface area contributed by atoms with Gasteiger partial charge in [-0.15, -0.1) is 0 Å². The third-order valence-corrected chi connectivity index (χ3v) is 3.71. The standard InChI is InChI=1S/C12H26N2O2/c1-6-12(7-2,8-13)10(16)14-11(4,5)9(3)15/h9,15H,6-8,13H2,1-5H3,(H,14,16). The summed E-state index contributed by atoms with van der Waals surface area (Å²) in [6.45, 7) is 9.55. The molecule has 0 radical (unpaired) electrons. The van der Waals surface area contributed by atoms with Crippen LogP contribution < -0.4 is 11.1 Å². The summed E-state index contributed by atoms with van der Waals surface area (Å²) in [6, 6.07) is 0. The first-order valence-electron chi connectivity index (χ1n) is 5.96. The van der Waals surface area contributed by atoms with E-state index in [-0.39, 0.29) is 5.91 Å². The Morgan fingerprint density at radius 1 is 1.38 bits per heavy atom. The lowest BCUT2D eigenvalue weighted by molar-refractivity contribution is -0.134. The molecule has 0 aliphatic carbocycles. The van der Waals surface area contributed by atoms with Crippen molar-refractivity contribution in [3.05, 3.63) is 0 Å². The van der Waals surface area contributed by atoms with Gasteiger partial charge in [-0.2, -0.15) is 0 Å². The van der Waals surface area contributed by atoms with Gasteiger partial charge >= 0.3 is 0 Å². The van der Waals surface area contributed by atoms with Gasteiger partial charge in [0.1, 0.15) is 0 Å². The number of carbonyl (C=O) groups is 1. The molecule has 0 saturated heterocycles. The molecule has 96 valence electrons. The first-order chi connectivity index (χ1) is 7.25. The van der Waals surface area contributed by atoms with Crippen molar-refractivity contribution >= 4 is 5.91 Å². The third-order valence-electron chi connectivity index (χ3n) is 3.71. The van der Waals surface area contributed by atoms with Gasteiger partial charge in [-0.25, -0.2) is 0 Å². The molecule has 0 spiro atoms. The molecule has 0 heterocycles. The van der Waals surface area contributed by atoms with E-state index in [9.17, 15) is 9.90 Å². The summed E-state index contributed by atoms with van der Waals surface area (Å²) in [6.07, 6.45) is 0.823. The van der Waals surface area contributed by atoms with Crippen LogP contribution in [0.4, 0.5) is 0 Å². The predicted octanol–water partition coefficient (Wildman–Crippen LogP) is 1.03. The van der Waals surface area contributed by atoms with Crippen molar-refractivity contribution in [2.75, 3.05) is 6.54 Å². The van der Waals surface area contributed by atoms with Gasteiger partial charge in [0, 0.05) is 6.54 Å². The van der Waals surface area contributed by atoms with E-state index in [2.05, 4.69) is 5.32 Å². The highest BCUT2D eigenvalue weighted by molar-refractivity contribution is 5.83. The fourth-order valence-corrected chi connectivity index (χ4v) is 1.48. The van der Waals surface area contributed by atoms with Gasteiger partial charge in [0.15, 0.2) is 0 Å². The first kappa shape index (κ1) is 15.4. The Morgan fingerprint density at radius 2 is 1.81 bits per heavy atom. The van der Waals surface area contributed by atoms with Gasteiger partial charge in [-0.3, -0.25) is 4.79 Å². The average molecular weight is 230 g/mol. The molecule has 1 atom stereocenters. The Hall–Kier alpha value is -0.610. The van der Waals surface area contributed by atoms with Crippen LogP contribution >= 0.6 is 0 Å². The number of carbonyl (C=O) groups excluding carboxylic acids is 1. The van der Waals surface area contributed by atoms with Gasteiger partial charge in [0.25, 0.3) is 0 Å². The molecule has 16 heavy (non-hydrogen) atoms. The van der Waals surface area contributed by atoms with Crippen LogP contribution in [-0.4, -0.2) is 29.2 Å². The number of nitrogens with one attached hydrogen (secondary N) is 1. The second-order valence-corrected chi connectivity index (χ2v) is 5.04. The zero-order valence-electron chi connectivity index (χ0n) is 11.1. The second-order valence-electron chi connectivity index (χ2n) is 5.04. The molecule has 0 aliphatic rings. The SMILES string of the molecule is CCC(CC)(CN)C(=O)NC(C)(C)C(C)O. The summed E-state index contributed by atoms with van der Waals surface area (Å²) in [7, 11) is 0. The summed E-state index contributed by atoms with van der Waals surface area (Å²) in [4.78, 5) is 12.2. The Kier molecular flexibility index (Phi) is 5.42. The van der Waals surface area contributed by atoms with Gasteiger partial charge < -0.3 is 16.2 Å². The molecular formula is C12H26N2O2. The molecule has 0 aromatic carbocycles. The van der Waals surface area contributed by atoms with Crippen LogP contribution in [0.3, 0.4) is 0 Å². The van der Waals surface area contributed by atoms with Gasteiger partial charge in [0.2, 0.25) is 5.91 Å². The van der Waals surface area contributed by atoms with Crippen molar-refractivity contribution in [3.63, 3.8) is 0 Å². The fraction of sp³-hybridized carbons (Fsp3) is 0.917. The van der Waals surface area contributed by atoms with Crippen molar-refractivity contribution in [2.24, 2.45) is 11.1 Å². The highest BCUT2D eigenvalue weighted by atomic mass is 16.3. The lowest BCUT2D eigenvalue weighted by atomic mass is 9.80. The number of aliphatic hydroxyl groups excluding tert-OH is 1. The molecule has 0 aliphatic heterocycles. The summed E-state index contributed by atoms with van der Waals surface area (Å²) in [5.41, 5.74) is 4.57. The summed E-state index contributed by atoms with van der Waals surface area (Å²) in [5.74, 6) is -0.0640. The van der Waals surface area contributed by atoms with Crippen molar-refractivity contribution in [1.29, 1.82) is 0 Å². The third kappa shape index (κ3) is 3.19. The zero-order chi connectivity index (χ0) is 13.0. The molecule has 0 rings (SSSR count). The minimum Gasteiger partial charge on any atom is -0.391 e. The van der Waals surface area contributed by atoms with E-state index in [0.717, 1.165) is 0 Å². The maximum atomic E-state index is 12.2. The summed E-state index contributed by atoms with van der Waals surface area (Å²) in [5, 5.41) is 12.4. The van der Waals surface area contributed by atoms with Crippen LogP contribution in [0.1, 0.15) is 47.5 Å². The van der Waals surface area contributed by atoms with E-state index in [0.29, 0.717) is 19.4 Å². The number of amides is 1.